The Balaban J connectivity index is 1.51. The highest BCUT2D eigenvalue weighted by Crippen LogP contribution is 2.25. The molecule has 3 amide bonds. The van der Waals surface area contributed by atoms with Crippen molar-refractivity contribution in [3.05, 3.63) is 34.3 Å². The van der Waals surface area contributed by atoms with Crippen LogP contribution in [0, 0.1) is 5.92 Å². The summed E-state index contributed by atoms with van der Waals surface area (Å²) < 4.78 is 0.958. The van der Waals surface area contributed by atoms with E-state index in [4.69, 9.17) is 0 Å². The third kappa shape index (κ3) is 6.29. The van der Waals surface area contributed by atoms with Crippen LogP contribution in [0.4, 0.5) is 0 Å². The van der Waals surface area contributed by atoms with E-state index < -0.39 is 0 Å². The fourth-order valence-electron chi connectivity index (χ4n) is 4.23. The maximum Gasteiger partial charge on any atom is 0.224 e. The lowest BCUT2D eigenvalue weighted by Crippen LogP contribution is -2.41. The van der Waals surface area contributed by atoms with E-state index in [1.165, 1.54) is 6.92 Å². The first-order chi connectivity index (χ1) is 13.9. The van der Waals surface area contributed by atoms with Crippen LogP contribution < -0.4 is 5.32 Å². The monoisotopic (exact) mass is 463 g/mol. The maximum absolute atomic E-state index is 12.9. The average molecular weight is 464 g/mol. The number of piperidine rings is 1. The molecule has 6 nitrogen and oxygen atoms in total. The zero-order valence-corrected chi connectivity index (χ0v) is 18.6. The van der Waals surface area contributed by atoms with Crippen molar-refractivity contribution in [3.8, 4) is 0 Å². The predicted molar refractivity (Wildman–Crippen MR) is 115 cm³/mol. The van der Waals surface area contributed by atoms with Gasteiger partial charge in [0.1, 0.15) is 0 Å². The molecule has 2 heterocycles. The van der Waals surface area contributed by atoms with Gasteiger partial charge in [-0.1, -0.05) is 28.1 Å². The van der Waals surface area contributed by atoms with Gasteiger partial charge in [0.25, 0.3) is 0 Å². The average Bonchev–Trinajstić information content (AvgIpc) is 3.23. The highest BCUT2D eigenvalue weighted by atomic mass is 79.9. The van der Waals surface area contributed by atoms with E-state index in [-0.39, 0.29) is 30.2 Å². The van der Waals surface area contributed by atoms with E-state index in [0.29, 0.717) is 25.4 Å². The molecular formula is C22H30BrN3O3. The summed E-state index contributed by atoms with van der Waals surface area (Å²) in [5.74, 6) is 0.541. The van der Waals surface area contributed by atoms with Gasteiger partial charge in [0.2, 0.25) is 17.7 Å². The summed E-state index contributed by atoms with van der Waals surface area (Å²) in [4.78, 5) is 40.7. The molecule has 0 saturated carbocycles. The van der Waals surface area contributed by atoms with Crippen LogP contribution in [0.2, 0.25) is 0 Å². The molecule has 0 bridgehead atoms. The van der Waals surface area contributed by atoms with E-state index in [1.807, 2.05) is 34.1 Å². The molecule has 0 radical (unpaired) electrons. The van der Waals surface area contributed by atoms with E-state index in [9.17, 15) is 14.4 Å². The van der Waals surface area contributed by atoms with Gasteiger partial charge >= 0.3 is 0 Å². The third-order valence-corrected chi connectivity index (χ3v) is 6.45. The van der Waals surface area contributed by atoms with Gasteiger partial charge < -0.3 is 15.1 Å². The van der Waals surface area contributed by atoms with E-state index >= 15 is 0 Å². The predicted octanol–water partition coefficient (Wildman–Crippen LogP) is 3.27. The minimum Gasteiger partial charge on any atom is -0.349 e. The molecule has 2 aliphatic heterocycles. The number of rotatable bonds is 6. The van der Waals surface area contributed by atoms with Gasteiger partial charge in [0.15, 0.2) is 0 Å². The molecule has 1 unspecified atom stereocenters. The Bertz CT molecular complexity index is 723. The molecule has 2 fully saturated rings. The number of amides is 3. The first-order valence-corrected chi connectivity index (χ1v) is 11.3. The molecule has 0 aromatic heterocycles. The van der Waals surface area contributed by atoms with Crippen molar-refractivity contribution >= 4 is 33.7 Å². The molecule has 0 spiro atoms. The number of hydrogen-bond donors (Lipinski definition) is 1. The smallest absolute Gasteiger partial charge is 0.224 e. The quantitative estimate of drug-likeness (QED) is 0.703. The van der Waals surface area contributed by atoms with Crippen molar-refractivity contribution in [2.75, 3.05) is 26.2 Å². The number of halogens is 1. The summed E-state index contributed by atoms with van der Waals surface area (Å²) in [5, 5.41) is 2.90. The van der Waals surface area contributed by atoms with Crippen LogP contribution in [0.25, 0.3) is 0 Å². The molecule has 3 rings (SSSR count). The highest BCUT2D eigenvalue weighted by Gasteiger charge is 2.28. The standard InChI is InChI=1S/C22H30BrN3O3/c1-16(27)24-20(18-4-6-19(23)7-5-18)15-22(29)26-12-8-17(9-13-26)14-21(28)25-10-2-3-11-25/h4-7,17,20H,2-3,8-15H2,1H3,(H,24,27). The van der Waals surface area contributed by atoms with Crippen LogP contribution in [0.1, 0.15) is 57.1 Å². The molecule has 1 aromatic carbocycles. The summed E-state index contributed by atoms with van der Waals surface area (Å²) >= 11 is 3.41. The molecular weight excluding hydrogens is 434 g/mol. The molecule has 0 aliphatic carbocycles. The van der Waals surface area contributed by atoms with Gasteiger partial charge in [-0.3, -0.25) is 14.4 Å². The summed E-state index contributed by atoms with van der Waals surface area (Å²) in [6, 6.07) is 7.35. The Morgan fingerprint density at radius 2 is 1.59 bits per heavy atom. The van der Waals surface area contributed by atoms with E-state index in [1.54, 1.807) is 0 Å². The lowest BCUT2D eigenvalue weighted by Gasteiger charge is -2.33. The molecule has 1 N–H and O–H groups in total. The lowest BCUT2D eigenvalue weighted by atomic mass is 9.92. The van der Waals surface area contributed by atoms with E-state index in [2.05, 4.69) is 21.2 Å². The lowest BCUT2D eigenvalue weighted by molar-refractivity contribution is -0.134. The van der Waals surface area contributed by atoms with Crippen molar-refractivity contribution in [3.63, 3.8) is 0 Å². The number of carbonyl (C=O) groups excluding carboxylic acids is 3. The Kier molecular flexibility index (Phi) is 7.70. The van der Waals surface area contributed by atoms with Crippen molar-refractivity contribution in [1.82, 2.24) is 15.1 Å². The largest absolute Gasteiger partial charge is 0.349 e. The van der Waals surface area contributed by atoms with Crippen LogP contribution in [0.3, 0.4) is 0 Å². The maximum atomic E-state index is 12.9. The Labute approximate surface area is 181 Å². The minimum absolute atomic E-state index is 0.0518. The number of nitrogens with zero attached hydrogens (tertiary/aromatic N) is 2. The Morgan fingerprint density at radius 3 is 2.17 bits per heavy atom. The van der Waals surface area contributed by atoms with Crippen LogP contribution in [0.15, 0.2) is 28.7 Å². The molecule has 29 heavy (non-hydrogen) atoms. The van der Waals surface area contributed by atoms with Crippen LogP contribution in [-0.2, 0) is 14.4 Å². The Morgan fingerprint density at radius 1 is 1.00 bits per heavy atom. The molecule has 7 heteroatoms. The number of benzene rings is 1. The second kappa shape index (κ2) is 10.2. The zero-order valence-electron chi connectivity index (χ0n) is 17.0. The van der Waals surface area contributed by atoms with Crippen molar-refractivity contribution in [2.24, 2.45) is 5.92 Å². The molecule has 2 aliphatic rings. The van der Waals surface area contributed by atoms with Crippen LogP contribution in [-0.4, -0.2) is 53.7 Å². The number of hydrogen-bond acceptors (Lipinski definition) is 3. The fraction of sp³-hybridized carbons (Fsp3) is 0.591. The zero-order chi connectivity index (χ0) is 20.8. The third-order valence-electron chi connectivity index (χ3n) is 5.92. The van der Waals surface area contributed by atoms with Gasteiger partial charge in [0.05, 0.1) is 12.5 Å². The number of nitrogens with one attached hydrogen (secondary N) is 1. The minimum atomic E-state index is -0.331. The first kappa shape index (κ1) is 21.8. The second-order valence-corrected chi connectivity index (χ2v) is 9.04. The van der Waals surface area contributed by atoms with Crippen molar-refractivity contribution < 1.29 is 14.4 Å². The van der Waals surface area contributed by atoms with Crippen molar-refractivity contribution in [2.45, 2.75) is 51.5 Å². The first-order valence-electron chi connectivity index (χ1n) is 10.5. The van der Waals surface area contributed by atoms with Crippen molar-refractivity contribution in [1.29, 1.82) is 0 Å². The van der Waals surface area contributed by atoms with Gasteiger partial charge in [-0.05, 0) is 49.3 Å². The fourth-order valence-corrected chi connectivity index (χ4v) is 4.49. The van der Waals surface area contributed by atoms with E-state index in [0.717, 1.165) is 48.8 Å². The van der Waals surface area contributed by atoms with Gasteiger partial charge in [-0.15, -0.1) is 0 Å². The van der Waals surface area contributed by atoms with Gasteiger partial charge in [0, 0.05) is 44.0 Å². The summed E-state index contributed by atoms with van der Waals surface area (Å²) in [6.45, 7) is 4.64. The molecule has 1 atom stereocenters. The van der Waals surface area contributed by atoms with Gasteiger partial charge in [-0.25, -0.2) is 0 Å². The topological polar surface area (TPSA) is 69.7 Å². The normalized spacial score (nSPS) is 18.6. The molecule has 158 valence electrons. The molecule has 2 saturated heterocycles. The summed E-state index contributed by atoms with van der Waals surface area (Å²) in [7, 11) is 0. The van der Waals surface area contributed by atoms with Crippen LogP contribution in [0.5, 0.6) is 0 Å². The van der Waals surface area contributed by atoms with Crippen LogP contribution >= 0.6 is 15.9 Å². The second-order valence-electron chi connectivity index (χ2n) is 8.12. The Hall–Kier alpha value is -1.89. The summed E-state index contributed by atoms with van der Waals surface area (Å²) in [5.41, 5.74) is 0.919. The SMILES string of the molecule is CC(=O)NC(CC(=O)N1CCC(CC(=O)N2CCCC2)CC1)c1ccc(Br)cc1. The molecule has 1 aromatic rings. The number of carbonyl (C=O) groups is 3. The number of likely N-dealkylation sites (tertiary alicyclic amines) is 2. The highest BCUT2D eigenvalue weighted by molar-refractivity contribution is 9.10. The van der Waals surface area contributed by atoms with Gasteiger partial charge in [-0.2, -0.15) is 0 Å². The summed E-state index contributed by atoms with van der Waals surface area (Å²) in [6.07, 6.45) is 4.83.